The molecule has 0 aliphatic rings. The van der Waals surface area contributed by atoms with Gasteiger partial charge in [0, 0.05) is 17.8 Å². The van der Waals surface area contributed by atoms with Gasteiger partial charge in [-0.3, -0.25) is 9.59 Å². The fourth-order valence-corrected chi connectivity index (χ4v) is 3.97. The molecule has 0 saturated carbocycles. The van der Waals surface area contributed by atoms with Gasteiger partial charge < -0.3 is 19.9 Å². The summed E-state index contributed by atoms with van der Waals surface area (Å²) in [6.45, 7) is 6.41. The molecule has 1 atom stereocenters. The molecule has 0 spiro atoms. The molecule has 2 amide bonds. The highest BCUT2D eigenvalue weighted by Gasteiger charge is 2.20. The molecule has 1 aromatic heterocycles. The number of rotatable bonds is 9. The second-order valence-corrected chi connectivity index (χ2v) is 8.16. The summed E-state index contributed by atoms with van der Waals surface area (Å²) in [6, 6.07) is 14.2. The SMILES string of the molecule is CCn1c(SCC(=O)Nc2ccc(OC)cc2)nnc1[C@@H](C)NC(=O)c1cccc(C)c1. The van der Waals surface area contributed by atoms with Crippen LogP contribution in [0.5, 0.6) is 5.75 Å². The Balaban J connectivity index is 1.60. The van der Waals surface area contributed by atoms with E-state index in [0.29, 0.717) is 28.8 Å². The average Bonchev–Trinajstić information content (AvgIpc) is 3.21. The van der Waals surface area contributed by atoms with Crippen molar-refractivity contribution < 1.29 is 14.3 Å². The van der Waals surface area contributed by atoms with E-state index in [4.69, 9.17) is 4.74 Å². The van der Waals surface area contributed by atoms with E-state index in [1.54, 1.807) is 37.4 Å². The Hall–Kier alpha value is -3.33. The molecule has 9 heteroatoms. The van der Waals surface area contributed by atoms with Gasteiger partial charge in [0.1, 0.15) is 5.75 Å². The van der Waals surface area contributed by atoms with Gasteiger partial charge in [0.25, 0.3) is 5.91 Å². The summed E-state index contributed by atoms with van der Waals surface area (Å²) in [5.74, 6) is 1.25. The normalized spacial score (nSPS) is 11.6. The lowest BCUT2D eigenvalue weighted by molar-refractivity contribution is -0.113. The van der Waals surface area contributed by atoms with Gasteiger partial charge in [-0.2, -0.15) is 0 Å². The molecule has 0 aliphatic heterocycles. The van der Waals surface area contributed by atoms with Crippen LogP contribution in [0.15, 0.2) is 53.7 Å². The monoisotopic (exact) mass is 453 g/mol. The standard InChI is InChI=1S/C23H27N5O3S/c1-5-28-21(16(3)24-22(30)17-8-6-7-15(2)13-17)26-27-23(28)32-14-20(29)25-18-9-11-19(31-4)12-10-18/h6-13,16H,5,14H2,1-4H3,(H,24,30)(H,25,29)/t16-/m1/s1. The molecule has 168 valence electrons. The van der Waals surface area contributed by atoms with Gasteiger partial charge >= 0.3 is 0 Å². The van der Waals surface area contributed by atoms with E-state index in [9.17, 15) is 9.59 Å². The van der Waals surface area contributed by atoms with Crippen molar-refractivity contribution in [2.24, 2.45) is 0 Å². The van der Waals surface area contributed by atoms with E-state index in [-0.39, 0.29) is 23.6 Å². The molecule has 0 aliphatic carbocycles. The zero-order valence-electron chi connectivity index (χ0n) is 18.6. The molecule has 0 bridgehead atoms. The highest BCUT2D eigenvalue weighted by molar-refractivity contribution is 7.99. The number of hydrogen-bond donors (Lipinski definition) is 2. The first-order chi connectivity index (χ1) is 15.4. The topological polar surface area (TPSA) is 98.1 Å². The number of anilines is 1. The fraction of sp³-hybridized carbons (Fsp3) is 0.304. The Labute approximate surface area is 191 Å². The van der Waals surface area contributed by atoms with Crippen LogP contribution in [-0.4, -0.2) is 39.4 Å². The number of methoxy groups -OCH3 is 1. The lowest BCUT2D eigenvalue weighted by atomic mass is 10.1. The smallest absolute Gasteiger partial charge is 0.251 e. The first-order valence-corrected chi connectivity index (χ1v) is 11.3. The van der Waals surface area contributed by atoms with E-state index in [0.717, 1.165) is 11.3 Å². The predicted molar refractivity (Wildman–Crippen MR) is 125 cm³/mol. The van der Waals surface area contributed by atoms with Crippen LogP contribution in [0, 0.1) is 6.92 Å². The predicted octanol–water partition coefficient (Wildman–Crippen LogP) is 3.84. The molecule has 32 heavy (non-hydrogen) atoms. The number of ether oxygens (including phenoxy) is 1. The molecule has 0 radical (unpaired) electrons. The van der Waals surface area contributed by atoms with Crippen LogP contribution in [0.2, 0.25) is 0 Å². The van der Waals surface area contributed by atoms with Crippen molar-refractivity contribution in [2.75, 3.05) is 18.2 Å². The van der Waals surface area contributed by atoms with Crippen molar-refractivity contribution in [3.05, 3.63) is 65.5 Å². The number of benzene rings is 2. The van der Waals surface area contributed by atoms with Gasteiger partial charge in [-0.25, -0.2) is 0 Å². The maximum Gasteiger partial charge on any atom is 0.251 e. The van der Waals surface area contributed by atoms with Crippen LogP contribution in [0.25, 0.3) is 0 Å². The minimum absolute atomic E-state index is 0.145. The highest BCUT2D eigenvalue weighted by Crippen LogP contribution is 2.22. The van der Waals surface area contributed by atoms with E-state index in [1.165, 1.54) is 11.8 Å². The van der Waals surface area contributed by atoms with Crippen LogP contribution in [0.1, 0.15) is 41.6 Å². The lowest BCUT2D eigenvalue weighted by Crippen LogP contribution is -2.28. The number of thioether (sulfide) groups is 1. The van der Waals surface area contributed by atoms with Crippen LogP contribution in [-0.2, 0) is 11.3 Å². The van der Waals surface area contributed by atoms with Crippen molar-refractivity contribution >= 4 is 29.3 Å². The second-order valence-electron chi connectivity index (χ2n) is 7.22. The second kappa shape index (κ2) is 10.8. The maximum absolute atomic E-state index is 12.6. The largest absolute Gasteiger partial charge is 0.497 e. The summed E-state index contributed by atoms with van der Waals surface area (Å²) in [7, 11) is 1.59. The molecule has 2 aromatic carbocycles. The van der Waals surface area contributed by atoms with E-state index >= 15 is 0 Å². The van der Waals surface area contributed by atoms with Gasteiger partial charge in [0.15, 0.2) is 11.0 Å². The van der Waals surface area contributed by atoms with Crippen LogP contribution < -0.4 is 15.4 Å². The number of carbonyl (C=O) groups excluding carboxylic acids is 2. The third kappa shape index (κ3) is 5.88. The number of aryl methyl sites for hydroxylation is 1. The quantitative estimate of drug-likeness (QED) is 0.478. The Morgan fingerprint density at radius 2 is 1.91 bits per heavy atom. The molecule has 0 fully saturated rings. The Bertz CT molecular complexity index is 1080. The molecule has 3 aromatic rings. The van der Waals surface area contributed by atoms with Crippen molar-refractivity contribution in [3.8, 4) is 5.75 Å². The van der Waals surface area contributed by atoms with E-state index < -0.39 is 0 Å². The Morgan fingerprint density at radius 3 is 2.56 bits per heavy atom. The number of carbonyl (C=O) groups is 2. The summed E-state index contributed by atoms with van der Waals surface area (Å²) in [4.78, 5) is 24.9. The minimum Gasteiger partial charge on any atom is -0.497 e. The molecular formula is C23H27N5O3S. The summed E-state index contributed by atoms with van der Waals surface area (Å²) in [5, 5.41) is 14.9. The lowest BCUT2D eigenvalue weighted by Gasteiger charge is -2.15. The van der Waals surface area contributed by atoms with E-state index in [1.807, 2.05) is 43.5 Å². The molecule has 8 nitrogen and oxygen atoms in total. The van der Waals surface area contributed by atoms with Gasteiger partial charge in [-0.15, -0.1) is 10.2 Å². The van der Waals surface area contributed by atoms with Crippen LogP contribution in [0.4, 0.5) is 5.69 Å². The van der Waals surface area contributed by atoms with Gasteiger partial charge in [-0.05, 0) is 57.2 Å². The molecule has 1 heterocycles. The van der Waals surface area contributed by atoms with Crippen molar-refractivity contribution in [1.82, 2.24) is 20.1 Å². The third-order valence-electron chi connectivity index (χ3n) is 4.78. The number of aromatic nitrogens is 3. The first-order valence-electron chi connectivity index (χ1n) is 10.3. The van der Waals surface area contributed by atoms with E-state index in [2.05, 4.69) is 20.8 Å². The molecular weight excluding hydrogens is 426 g/mol. The van der Waals surface area contributed by atoms with Gasteiger partial charge in [0.2, 0.25) is 5.91 Å². The highest BCUT2D eigenvalue weighted by atomic mass is 32.2. The maximum atomic E-state index is 12.6. The van der Waals surface area contributed by atoms with Crippen molar-refractivity contribution in [2.45, 2.75) is 38.5 Å². The molecule has 3 rings (SSSR count). The zero-order chi connectivity index (χ0) is 23.1. The van der Waals surface area contributed by atoms with Crippen molar-refractivity contribution in [1.29, 1.82) is 0 Å². The van der Waals surface area contributed by atoms with Gasteiger partial charge in [0.05, 0.1) is 18.9 Å². The first kappa shape index (κ1) is 23.3. The van der Waals surface area contributed by atoms with Crippen molar-refractivity contribution in [3.63, 3.8) is 0 Å². The Morgan fingerprint density at radius 1 is 1.16 bits per heavy atom. The number of amides is 2. The minimum atomic E-state index is -0.335. The molecule has 0 unspecified atom stereocenters. The molecule has 0 saturated heterocycles. The third-order valence-corrected chi connectivity index (χ3v) is 5.75. The van der Waals surface area contributed by atoms with Crippen LogP contribution in [0.3, 0.4) is 0 Å². The fourth-order valence-electron chi connectivity index (χ4n) is 3.16. The number of hydrogen-bond acceptors (Lipinski definition) is 6. The van der Waals surface area contributed by atoms with Crippen LogP contribution >= 0.6 is 11.8 Å². The summed E-state index contributed by atoms with van der Waals surface area (Å²) in [5.41, 5.74) is 2.32. The number of nitrogens with zero attached hydrogens (tertiary/aromatic N) is 3. The summed E-state index contributed by atoms with van der Waals surface area (Å²) in [6.07, 6.45) is 0. The van der Waals surface area contributed by atoms with Gasteiger partial charge in [-0.1, -0.05) is 29.5 Å². The summed E-state index contributed by atoms with van der Waals surface area (Å²) >= 11 is 1.30. The number of nitrogens with one attached hydrogen (secondary N) is 2. The Kier molecular flexibility index (Phi) is 7.88. The zero-order valence-corrected chi connectivity index (χ0v) is 19.4. The average molecular weight is 454 g/mol. The summed E-state index contributed by atoms with van der Waals surface area (Å²) < 4.78 is 7.03. The molecule has 2 N–H and O–H groups in total.